The van der Waals surface area contributed by atoms with Gasteiger partial charge in [-0.2, -0.15) is 0 Å². The first-order valence-electron chi connectivity index (χ1n) is 8.57. The lowest BCUT2D eigenvalue weighted by atomic mass is 10.1. The van der Waals surface area contributed by atoms with Gasteiger partial charge < -0.3 is 15.0 Å². The fourth-order valence-corrected chi connectivity index (χ4v) is 2.40. The predicted octanol–water partition coefficient (Wildman–Crippen LogP) is 3.85. The molecule has 0 saturated carbocycles. The number of nitrogens with zero attached hydrogens (tertiary/aromatic N) is 2. The van der Waals surface area contributed by atoms with Gasteiger partial charge in [0.1, 0.15) is 5.75 Å². The number of nitrogens with one attached hydrogen (secondary N) is 1. The fourth-order valence-electron chi connectivity index (χ4n) is 2.40. The normalized spacial score (nSPS) is 11.9. The molecule has 2 rings (SSSR count). The Labute approximate surface area is 150 Å². The highest BCUT2D eigenvalue weighted by Crippen LogP contribution is 2.20. The van der Waals surface area contributed by atoms with Crippen molar-refractivity contribution in [3.8, 4) is 5.75 Å². The van der Waals surface area contributed by atoms with Crippen LogP contribution in [0.5, 0.6) is 5.75 Å². The molecule has 0 spiro atoms. The van der Waals surface area contributed by atoms with Gasteiger partial charge in [-0.05, 0) is 30.5 Å². The molecule has 25 heavy (non-hydrogen) atoms. The van der Waals surface area contributed by atoms with Crippen molar-refractivity contribution in [2.75, 3.05) is 7.11 Å². The van der Waals surface area contributed by atoms with Crippen LogP contribution in [0.1, 0.15) is 31.9 Å². The Bertz CT molecular complexity index is 674. The molecule has 2 amide bonds. The first kappa shape index (κ1) is 18.8. The van der Waals surface area contributed by atoms with E-state index in [4.69, 9.17) is 4.74 Å². The highest BCUT2D eigenvalue weighted by atomic mass is 16.5. The molecule has 0 aliphatic carbocycles. The van der Waals surface area contributed by atoms with E-state index in [2.05, 4.69) is 24.1 Å². The number of methoxy groups -OCH3 is 1. The largest absolute Gasteiger partial charge is 0.496 e. The minimum Gasteiger partial charge on any atom is -0.496 e. The van der Waals surface area contributed by atoms with Crippen molar-refractivity contribution in [2.24, 2.45) is 5.92 Å². The summed E-state index contributed by atoms with van der Waals surface area (Å²) in [6, 6.07) is 11.6. The molecule has 1 aromatic heterocycles. The van der Waals surface area contributed by atoms with Gasteiger partial charge in [0.05, 0.1) is 13.7 Å². The lowest BCUT2D eigenvalue weighted by Gasteiger charge is -2.27. The Morgan fingerprint density at radius 2 is 1.92 bits per heavy atom. The van der Waals surface area contributed by atoms with Crippen molar-refractivity contribution < 1.29 is 9.53 Å². The number of pyridine rings is 1. The van der Waals surface area contributed by atoms with Crippen LogP contribution in [0.15, 0.2) is 48.8 Å². The van der Waals surface area contributed by atoms with Gasteiger partial charge in [-0.25, -0.2) is 4.79 Å². The average molecular weight is 341 g/mol. The van der Waals surface area contributed by atoms with E-state index in [-0.39, 0.29) is 12.1 Å². The lowest BCUT2D eigenvalue weighted by molar-refractivity contribution is 0.185. The first-order valence-corrected chi connectivity index (χ1v) is 8.57. The second kappa shape index (κ2) is 9.06. The predicted molar refractivity (Wildman–Crippen MR) is 99.3 cm³/mol. The third-order valence-corrected chi connectivity index (χ3v) is 4.29. The molecule has 1 aromatic carbocycles. The summed E-state index contributed by atoms with van der Waals surface area (Å²) in [4.78, 5) is 18.7. The average Bonchev–Trinajstić information content (AvgIpc) is 2.62. The number of benzene rings is 1. The van der Waals surface area contributed by atoms with Gasteiger partial charge in [0.15, 0.2) is 0 Å². The molecule has 5 nitrogen and oxygen atoms in total. The summed E-state index contributed by atoms with van der Waals surface area (Å²) in [6.07, 6.45) is 3.52. The molecule has 0 fully saturated rings. The summed E-state index contributed by atoms with van der Waals surface area (Å²) in [5, 5.41) is 3.08. The molecular weight excluding hydrogens is 314 g/mol. The standard InChI is InChI=1S/C20H27N3O2/c1-15(2)16(3)22-20(24)23(13-17-8-7-11-21-12-17)14-18-9-5-6-10-19(18)25-4/h5-12,15-16H,13-14H2,1-4H3,(H,22,24)/t16-/m0/s1. The maximum Gasteiger partial charge on any atom is 0.318 e. The summed E-state index contributed by atoms with van der Waals surface area (Å²) in [7, 11) is 1.64. The van der Waals surface area contributed by atoms with Crippen LogP contribution in [0.25, 0.3) is 0 Å². The molecule has 0 saturated heterocycles. The number of ether oxygens (including phenoxy) is 1. The van der Waals surface area contributed by atoms with Gasteiger partial charge in [-0.15, -0.1) is 0 Å². The Morgan fingerprint density at radius 3 is 2.56 bits per heavy atom. The molecule has 0 aliphatic rings. The van der Waals surface area contributed by atoms with Gasteiger partial charge in [0.25, 0.3) is 0 Å². The maximum atomic E-state index is 12.8. The number of urea groups is 1. The number of carbonyl (C=O) groups is 1. The van der Waals surface area contributed by atoms with Crippen LogP contribution in [0.2, 0.25) is 0 Å². The van der Waals surface area contributed by atoms with Gasteiger partial charge in [0, 0.05) is 30.5 Å². The van der Waals surface area contributed by atoms with E-state index < -0.39 is 0 Å². The third-order valence-electron chi connectivity index (χ3n) is 4.29. The second-order valence-corrected chi connectivity index (χ2v) is 6.51. The number of hydrogen-bond donors (Lipinski definition) is 1. The summed E-state index contributed by atoms with van der Waals surface area (Å²) >= 11 is 0. The van der Waals surface area contributed by atoms with Gasteiger partial charge in [0.2, 0.25) is 0 Å². The smallest absolute Gasteiger partial charge is 0.318 e. The second-order valence-electron chi connectivity index (χ2n) is 6.51. The molecule has 1 heterocycles. The van der Waals surface area contributed by atoms with Crippen LogP contribution in [0.3, 0.4) is 0 Å². The Hall–Kier alpha value is -2.56. The zero-order valence-corrected chi connectivity index (χ0v) is 15.4. The molecule has 1 N–H and O–H groups in total. The van der Waals surface area contributed by atoms with E-state index in [9.17, 15) is 4.79 Å². The first-order chi connectivity index (χ1) is 12.0. The number of para-hydroxylation sites is 1. The van der Waals surface area contributed by atoms with Crippen molar-refractivity contribution in [3.05, 3.63) is 59.9 Å². The van der Waals surface area contributed by atoms with Gasteiger partial charge in [-0.3, -0.25) is 4.98 Å². The van der Waals surface area contributed by atoms with Crippen molar-refractivity contribution in [1.82, 2.24) is 15.2 Å². The maximum absolute atomic E-state index is 12.8. The van der Waals surface area contributed by atoms with E-state index in [0.717, 1.165) is 16.9 Å². The molecule has 134 valence electrons. The number of carbonyl (C=O) groups excluding carboxylic acids is 1. The minimum atomic E-state index is -0.0871. The van der Waals surface area contributed by atoms with Crippen LogP contribution >= 0.6 is 0 Å². The van der Waals surface area contributed by atoms with E-state index in [0.29, 0.717) is 19.0 Å². The van der Waals surface area contributed by atoms with Crippen LogP contribution in [-0.2, 0) is 13.1 Å². The SMILES string of the molecule is COc1ccccc1CN(Cc1cccnc1)C(=O)N[C@@H](C)C(C)C. The molecule has 5 heteroatoms. The molecule has 0 unspecified atom stereocenters. The lowest BCUT2D eigenvalue weighted by Crippen LogP contribution is -2.45. The molecular formula is C20H27N3O2. The summed E-state index contributed by atoms with van der Waals surface area (Å²) < 4.78 is 5.42. The number of aromatic nitrogens is 1. The monoisotopic (exact) mass is 341 g/mol. The number of rotatable bonds is 7. The highest BCUT2D eigenvalue weighted by molar-refractivity contribution is 5.74. The highest BCUT2D eigenvalue weighted by Gasteiger charge is 2.19. The minimum absolute atomic E-state index is 0.0871. The third kappa shape index (κ3) is 5.48. The van der Waals surface area contributed by atoms with E-state index in [1.807, 2.05) is 43.3 Å². The molecule has 1 atom stereocenters. The number of hydrogen-bond acceptors (Lipinski definition) is 3. The van der Waals surface area contributed by atoms with Crippen LogP contribution in [0, 0.1) is 5.92 Å². The zero-order chi connectivity index (χ0) is 18.2. The summed E-state index contributed by atoms with van der Waals surface area (Å²) in [5.41, 5.74) is 1.96. The Morgan fingerprint density at radius 1 is 1.16 bits per heavy atom. The van der Waals surface area contributed by atoms with Crippen molar-refractivity contribution in [3.63, 3.8) is 0 Å². The zero-order valence-electron chi connectivity index (χ0n) is 15.4. The molecule has 0 aliphatic heterocycles. The number of amides is 2. The van der Waals surface area contributed by atoms with Gasteiger partial charge >= 0.3 is 6.03 Å². The van der Waals surface area contributed by atoms with Crippen molar-refractivity contribution in [2.45, 2.75) is 39.9 Å². The van der Waals surface area contributed by atoms with Crippen LogP contribution in [-0.4, -0.2) is 29.1 Å². The van der Waals surface area contributed by atoms with Crippen molar-refractivity contribution in [1.29, 1.82) is 0 Å². The van der Waals surface area contributed by atoms with E-state index >= 15 is 0 Å². The Balaban J connectivity index is 2.20. The topological polar surface area (TPSA) is 54.5 Å². The van der Waals surface area contributed by atoms with Crippen LogP contribution < -0.4 is 10.1 Å². The quantitative estimate of drug-likeness (QED) is 0.832. The summed E-state index contributed by atoms with van der Waals surface area (Å²) in [6.45, 7) is 7.17. The summed E-state index contributed by atoms with van der Waals surface area (Å²) in [5.74, 6) is 1.15. The van der Waals surface area contributed by atoms with Crippen molar-refractivity contribution >= 4 is 6.03 Å². The van der Waals surface area contributed by atoms with E-state index in [1.54, 1.807) is 24.4 Å². The molecule has 0 radical (unpaired) electrons. The van der Waals surface area contributed by atoms with E-state index in [1.165, 1.54) is 0 Å². The Kier molecular flexibility index (Phi) is 6.81. The fraction of sp³-hybridized carbons (Fsp3) is 0.400. The van der Waals surface area contributed by atoms with Gasteiger partial charge in [-0.1, -0.05) is 38.1 Å². The molecule has 0 bridgehead atoms. The molecule has 2 aromatic rings. The van der Waals surface area contributed by atoms with Crippen LogP contribution in [0.4, 0.5) is 4.79 Å².